The van der Waals surface area contributed by atoms with Crippen molar-refractivity contribution in [1.82, 2.24) is 15.2 Å². The lowest BCUT2D eigenvalue weighted by molar-refractivity contribution is 0.309. The van der Waals surface area contributed by atoms with E-state index in [2.05, 4.69) is 22.1 Å². The van der Waals surface area contributed by atoms with E-state index in [1.165, 1.54) is 38.6 Å². The molecule has 1 aromatic heterocycles. The Morgan fingerprint density at radius 2 is 2.12 bits per heavy atom. The number of likely N-dealkylation sites (tertiary alicyclic amines) is 1. The first-order chi connectivity index (χ1) is 11.2. The number of rotatable bonds is 4. The fourth-order valence-corrected chi connectivity index (χ4v) is 3.87. The number of pyridine rings is 1. The van der Waals surface area contributed by atoms with E-state index in [4.69, 9.17) is 9.73 Å². The largest absolute Gasteiger partial charge is 0.481 e. The summed E-state index contributed by atoms with van der Waals surface area (Å²) in [5.74, 6) is 1.69. The van der Waals surface area contributed by atoms with Crippen LogP contribution in [0.25, 0.3) is 0 Å². The van der Waals surface area contributed by atoms with E-state index < -0.39 is 0 Å². The zero-order chi connectivity index (χ0) is 16.1. The molecule has 1 aromatic rings. The average Bonchev–Trinajstić information content (AvgIpc) is 3.22. The molecule has 5 nitrogen and oxygen atoms in total. The van der Waals surface area contributed by atoms with Gasteiger partial charge in [-0.15, -0.1) is 24.0 Å². The van der Waals surface area contributed by atoms with Crippen molar-refractivity contribution in [3.8, 4) is 5.88 Å². The number of nitrogens with zero attached hydrogens (tertiary/aromatic N) is 3. The van der Waals surface area contributed by atoms with Crippen LogP contribution in [0.1, 0.15) is 44.6 Å². The zero-order valence-electron chi connectivity index (χ0n) is 14.8. The number of aliphatic imine (C=N–C) groups is 1. The second-order valence-electron chi connectivity index (χ2n) is 6.76. The van der Waals surface area contributed by atoms with Crippen molar-refractivity contribution in [1.29, 1.82) is 0 Å². The van der Waals surface area contributed by atoms with E-state index in [1.807, 2.05) is 18.3 Å². The number of hydrogen-bond donors (Lipinski definition) is 1. The van der Waals surface area contributed by atoms with Crippen LogP contribution in [0.3, 0.4) is 0 Å². The Hall–Kier alpha value is -1.05. The molecule has 1 aliphatic heterocycles. The van der Waals surface area contributed by atoms with Crippen molar-refractivity contribution < 1.29 is 4.74 Å². The molecule has 0 atom stereocenters. The molecule has 0 aromatic carbocycles. The number of nitrogens with one attached hydrogen (secondary N) is 1. The van der Waals surface area contributed by atoms with Gasteiger partial charge in [-0.2, -0.15) is 0 Å². The third-order valence-electron chi connectivity index (χ3n) is 5.16. The van der Waals surface area contributed by atoms with E-state index in [-0.39, 0.29) is 24.0 Å². The van der Waals surface area contributed by atoms with Crippen LogP contribution < -0.4 is 10.1 Å². The van der Waals surface area contributed by atoms with Gasteiger partial charge in [-0.3, -0.25) is 0 Å². The Kier molecular flexibility index (Phi) is 7.13. The zero-order valence-corrected chi connectivity index (χ0v) is 17.1. The molecule has 0 amide bonds. The van der Waals surface area contributed by atoms with Gasteiger partial charge in [0.15, 0.2) is 5.96 Å². The van der Waals surface area contributed by atoms with Gasteiger partial charge in [-0.25, -0.2) is 9.98 Å². The first-order valence-corrected chi connectivity index (χ1v) is 8.77. The van der Waals surface area contributed by atoms with E-state index in [0.29, 0.717) is 17.8 Å². The number of halogens is 1. The molecule has 2 heterocycles. The Morgan fingerprint density at radius 3 is 2.75 bits per heavy atom. The van der Waals surface area contributed by atoms with E-state index in [0.717, 1.165) is 24.6 Å². The SMILES string of the molecule is CCNC(=NCc1ccc(OC)nc1)N1CCC2(CCCC2)C1.I. The lowest BCUT2D eigenvalue weighted by atomic mass is 9.86. The summed E-state index contributed by atoms with van der Waals surface area (Å²) in [4.78, 5) is 11.5. The molecule has 0 bridgehead atoms. The van der Waals surface area contributed by atoms with Crippen LogP contribution in [0.4, 0.5) is 0 Å². The summed E-state index contributed by atoms with van der Waals surface area (Å²) in [7, 11) is 1.63. The summed E-state index contributed by atoms with van der Waals surface area (Å²) in [5.41, 5.74) is 1.67. The van der Waals surface area contributed by atoms with Gasteiger partial charge in [0, 0.05) is 31.9 Å². The van der Waals surface area contributed by atoms with Gasteiger partial charge in [0.25, 0.3) is 0 Å². The first kappa shape index (κ1) is 19.3. The van der Waals surface area contributed by atoms with Gasteiger partial charge in [-0.1, -0.05) is 18.9 Å². The van der Waals surface area contributed by atoms with Crippen molar-refractivity contribution in [2.75, 3.05) is 26.7 Å². The molecule has 1 saturated carbocycles. The molecule has 134 valence electrons. The molecule has 6 heteroatoms. The van der Waals surface area contributed by atoms with Crippen LogP contribution in [0, 0.1) is 5.41 Å². The third-order valence-corrected chi connectivity index (χ3v) is 5.16. The van der Waals surface area contributed by atoms with Gasteiger partial charge in [0.1, 0.15) is 0 Å². The average molecular weight is 444 g/mol. The monoisotopic (exact) mass is 444 g/mol. The van der Waals surface area contributed by atoms with Crippen molar-refractivity contribution >= 4 is 29.9 Å². The molecule has 1 saturated heterocycles. The predicted molar refractivity (Wildman–Crippen MR) is 108 cm³/mol. The fourth-order valence-electron chi connectivity index (χ4n) is 3.87. The summed E-state index contributed by atoms with van der Waals surface area (Å²) in [6, 6.07) is 3.92. The minimum atomic E-state index is 0. The summed E-state index contributed by atoms with van der Waals surface area (Å²) in [5, 5.41) is 3.45. The predicted octanol–water partition coefficient (Wildman–Crippen LogP) is 3.44. The van der Waals surface area contributed by atoms with E-state index in [1.54, 1.807) is 7.11 Å². The molecule has 1 spiro atoms. The Labute approximate surface area is 162 Å². The molecule has 1 aliphatic carbocycles. The smallest absolute Gasteiger partial charge is 0.212 e. The quantitative estimate of drug-likeness (QED) is 0.439. The maximum atomic E-state index is 5.10. The van der Waals surface area contributed by atoms with Gasteiger partial charge >= 0.3 is 0 Å². The van der Waals surface area contributed by atoms with Crippen molar-refractivity contribution in [3.05, 3.63) is 23.9 Å². The second kappa shape index (κ2) is 8.87. The minimum Gasteiger partial charge on any atom is -0.481 e. The Bertz CT molecular complexity index is 540. The molecule has 0 radical (unpaired) electrons. The number of ether oxygens (including phenoxy) is 1. The summed E-state index contributed by atoms with van der Waals surface area (Å²) in [6.07, 6.45) is 8.75. The highest BCUT2D eigenvalue weighted by molar-refractivity contribution is 14.0. The molecule has 24 heavy (non-hydrogen) atoms. The van der Waals surface area contributed by atoms with Gasteiger partial charge in [0.05, 0.1) is 13.7 Å². The van der Waals surface area contributed by atoms with E-state index in [9.17, 15) is 0 Å². The van der Waals surface area contributed by atoms with E-state index >= 15 is 0 Å². The molecule has 3 rings (SSSR count). The molecule has 2 aliphatic rings. The van der Waals surface area contributed by atoms with Gasteiger partial charge in [-0.05, 0) is 37.2 Å². The van der Waals surface area contributed by atoms with Crippen LogP contribution >= 0.6 is 24.0 Å². The summed E-state index contributed by atoms with van der Waals surface area (Å²) >= 11 is 0. The molecule has 0 unspecified atom stereocenters. The molecule has 1 N–H and O–H groups in total. The highest BCUT2D eigenvalue weighted by atomic mass is 127. The van der Waals surface area contributed by atoms with Crippen LogP contribution in [-0.2, 0) is 6.54 Å². The highest BCUT2D eigenvalue weighted by Crippen LogP contribution is 2.45. The van der Waals surface area contributed by atoms with Crippen LogP contribution in [0.15, 0.2) is 23.3 Å². The maximum absolute atomic E-state index is 5.10. The summed E-state index contributed by atoms with van der Waals surface area (Å²) in [6.45, 7) is 5.99. The first-order valence-electron chi connectivity index (χ1n) is 8.77. The van der Waals surface area contributed by atoms with Gasteiger partial charge in [0.2, 0.25) is 5.88 Å². The summed E-state index contributed by atoms with van der Waals surface area (Å²) < 4.78 is 5.10. The standard InChI is InChI=1S/C18H28N4O.HI/c1-3-19-17(21-13-15-6-7-16(23-2)20-12-15)22-11-10-18(14-22)8-4-5-9-18;/h6-7,12H,3-5,8-11,13-14H2,1-2H3,(H,19,21);1H. The minimum absolute atomic E-state index is 0. The molecular formula is C18H29IN4O. The lowest BCUT2D eigenvalue weighted by Crippen LogP contribution is -2.41. The maximum Gasteiger partial charge on any atom is 0.212 e. The van der Waals surface area contributed by atoms with Crippen molar-refractivity contribution in [2.24, 2.45) is 10.4 Å². The van der Waals surface area contributed by atoms with Crippen LogP contribution in [-0.4, -0.2) is 42.6 Å². The van der Waals surface area contributed by atoms with Crippen LogP contribution in [0.2, 0.25) is 0 Å². The van der Waals surface area contributed by atoms with Crippen molar-refractivity contribution in [3.63, 3.8) is 0 Å². The number of guanidine groups is 1. The Morgan fingerprint density at radius 1 is 1.33 bits per heavy atom. The molecule has 2 fully saturated rings. The molecular weight excluding hydrogens is 415 g/mol. The van der Waals surface area contributed by atoms with Crippen LogP contribution in [0.5, 0.6) is 5.88 Å². The number of methoxy groups -OCH3 is 1. The Balaban J connectivity index is 0.00000208. The van der Waals surface area contributed by atoms with Crippen molar-refractivity contribution in [2.45, 2.75) is 45.6 Å². The highest BCUT2D eigenvalue weighted by Gasteiger charge is 2.41. The number of aromatic nitrogens is 1. The second-order valence-corrected chi connectivity index (χ2v) is 6.76. The topological polar surface area (TPSA) is 49.8 Å². The third kappa shape index (κ3) is 4.52. The fraction of sp³-hybridized carbons (Fsp3) is 0.667. The lowest BCUT2D eigenvalue weighted by Gasteiger charge is -2.26. The van der Waals surface area contributed by atoms with Gasteiger partial charge < -0.3 is 15.0 Å². The number of hydrogen-bond acceptors (Lipinski definition) is 3. The normalized spacial score (nSPS) is 19.4.